The van der Waals surface area contributed by atoms with E-state index in [1.54, 1.807) is 6.92 Å². The van der Waals surface area contributed by atoms with Crippen LogP contribution in [-0.2, 0) is 15.8 Å². The first-order valence-corrected chi connectivity index (χ1v) is 7.51. The number of hydrogen-bond acceptors (Lipinski definition) is 3. The molecule has 1 aliphatic heterocycles. The Morgan fingerprint density at radius 3 is 2.32 bits per heavy atom. The number of nitrogens with one attached hydrogen (secondary N) is 1. The Balaban J connectivity index is 2.35. The summed E-state index contributed by atoms with van der Waals surface area (Å²) in [6.45, 7) is 2.88. The largest absolute Gasteiger partial charge is 0.481 e. The highest BCUT2D eigenvalue weighted by molar-refractivity contribution is 5.97. The summed E-state index contributed by atoms with van der Waals surface area (Å²) in [5.74, 6) is -3.39. The number of likely N-dealkylation sites (tertiary alicyclic amines) is 1. The predicted molar refractivity (Wildman–Crippen MR) is 81.9 cm³/mol. The summed E-state index contributed by atoms with van der Waals surface area (Å²) in [6.07, 6.45) is -4.69. The summed E-state index contributed by atoms with van der Waals surface area (Å²) >= 11 is 0. The SMILES string of the molecule is CC(=O)Nc1cc(C(=O)N2C[C@@H](C)[C@H](C(=O)O)C2)cc(C(F)(F)F)c1. The zero-order valence-electron chi connectivity index (χ0n) is 13.6. The van der Waals surface area contributed by atoms with Crippen molar-refractivity contribution in [3.8, 4) is 0 Å². The third-order valence-corrected chi connectivity index (χ3v) is 4.04. The Bertz CT molecular complexity index is 718. The second-order valence-corrected chi connectivity index (χ2v) is 6.11. The van der Waals surface area contributed by atoms with E-state index in [1.165, 1.54) is 4.90 Å². The quantitative estimate of drug-likeness (QED) is 0.869. The highest BCUT2D eigenvalue weighted by Crippen LogP contribution is 2.33. The second-order valence-electron chi connectivity index (χ2n) is 6.11. The standard InChI is InChI=1S/C16H17F3N2O4/c1-8-6-21(7-13(8)15(24)25)14(23)10-3-11(16(17,18)19)5-12(4-10)20-9(2)22/h3-5,8,13H,6-7H2,1-2H3,(H,20,22)(H,24,25)/t8-,13-/m1/s1. The van der Waals surface area contributed by atoms with Crippen LogP contribution in [0.1, 0.15) is 29.8 Å². The van der Waals surface area contributed by atoms with E-state index in [4.69, 9.17) is 5.11 Å². The molecule has 9 heteroatoms. The number of benzene rings is 1. The van der Waals surface area contributed by atoms with Crippen LogP contribution in [0.5, 0.6) is 0 Å². The summed E-state index contributed by atoms with van der Waals surface area (Å²) < 4.78 is 39.1. The molecule has 1 aromatic rings. The number of hydrogen-bond donors (Lipinski definition) is 2. The van der Waals surface area contributed by atoms with Crippen LogP contribution in [0.25, 0.3) is 0 Å². The molecule has 25 heavy (non-hydrogen) atoms. The lowest BCUT2D eigenvalue weighted by atomic mass is 9.99. The van der Waals surface area contributed by atoms with Gasteiger partial charge in [-0.05, 0) is 24.1 Å². The molecule has 2 amide bonds. The second kappa shape index (κ2) is 6.73. The molecular formula is C16H17F3N2O4. The van der Waals surface area contributed by atoms with Crippen molar-refractivity contribution in [1.29, 1.82) is 0 Å². The fourth-order valence-corrected chi connectivity index (χ4v) is 2.83. The molecule has 2 rings (SSSR count). The van der Waals surface area contributed by atoms with Crippen LogP contribution < -0.4 is 5.32 Å². The van der Waals surface area contributed by atoms with Crippen molar-refractivity contribution in [3.05, 3.63) is 29.3 Å². The van der Waals surface area contributed by atoms with Gasteiger partial charge in [-0.15, -0.1) is 0 Å². The highest BCUT2D eigenvalue weighted by Gasteiger charge is 2.38. The number of alkyl halides is 3. The van der Waals surface area contributed by atoms with E-state index in [0.29, 0.717) is 6.07 Å². The number of carbonyl (C=O) groups excluding carboxylic acids is 2. The number of aliphatic carboxylic acids is 1. The van der Waals surface area contributed by atoms with E-state index in [1.807, 2.05) is 0 Å². The van der Waals surface area contributed by atoms with Crippen molar-refractivity contribution in [2.45, 2.75) is 20.0 Å². The van der Waals surface area contributed by atoms with Gasteiger partial charge in [-0.25, -0.2) is 0 Å². The van der Waals surface area contributed by atoms with Crippen LogP contribution >= 0.6 is 0 Å². The van der Waals surface area contributed by atoms with Gasteiger partial charge in [-0.3, -0.25) is 14.4 Å². The van der Waals surface area contributed by atoms with Gasteiger partial charge in [-0.2, -0.15) is 13.2 Å². The molecule has 1 saturated heterocycles. The number of carboxylic acids is 1. The normalized spacial score (nSPS) is 20.4. The number of carbonyl (C=O) groups is 3. The van der Waals surface area contributed by atoms with Crippen LogP contribution in [0.15, 0.2) is 18.2 Å². The Labute approximate surface area is 141 Å². The average molecular weight is 358 g/mol. The first kappa shape index (κ1) is 18.8. The van der Waals surface area contributed by atoms with E-state index >= 15 is 0 Å². The maximum Gasteiger partial charge on any atom is 0.416 e. The van der Waals surface area contributed by atoms with Gasteiger partial charge >= 0.3 is 12.1 Å². The topological polar surface area (TPSA) is 86.7 Å². The van der Waals surface area contributed by atoms with Crippen molar-refractivity contribution in [3.63, 3.8) is 0 Å². The monoisotopic (exact) mass is 358 g/mol. The minimum atomic E-state index is -4.69. The molecule has 1 heterocycles. The van der Waals surface area contributed by atoms with Gasteiger partial charge in [-0.1, -0.05) is 6.92 Å². The molecule has 0 spiro atoms. The van der Waals surface area contributed by atoms with Crippen LogP contribution in [0.2, 0.25) is 0 Å². The lowest BCUT2D eigenvalue weighted by Crippen LogP contribution is -2.30. The number of halogens is 3. The Hall–Kier alpha value is -2.58. The molecule has 6 nitrogen and oxygen atoms in total. The van der Waals surface area contributed by atoms with Crippen molar-refractivity contribution in [2.24, 2.45) is 11.8 Å². The molecule has 1 aliphatic rings. The van der Waals surface area contributed by atoms with E-state index in [2.05, 4.69) is 5.32 Å². The number of nitrogens with zero attached hydrogens (tertiary/aromatic N) is 1. The number of carboxylic acid groups (broad SMARTS) is 1. The number of amides is 2. The summed E-state index contributed by atoms with van der Waals surface area (Å²) in [7, 11) is 0. The summed E-state index contributed by atoms with van der Waals surface area (Å²) in [4.78, 5) is 36.0. The lowest BCUT2D eigenvalue weighted by Gasteiger charge is -2.18. The molecule has 0 unspecified atom stereocenters. The molecule has 2 atom stereocenters. The van der Waals surface area contributed by atoms with Gasteiger partial charge in [0.05, 0.1) is 11.5 Å². The Kier molecular flexibility index (Phi) is 5.05. The van der Waals surface area contributed by atoms with Crippen molar-refractivity contribution in [2.75, 3.05) is 18.4 Å². The maximum absolute atomic E-state index is 13.0. The Morgan fingerprint density at radius 2 is 1.84 bits per heavy atom. The summed E-state index contributed by atoms with van der Waals surface area (Å²) in [5.41, 5.74) is -1.46. The first-order chi connectivity index (χ1) is 11.5. The number of anilines is 1. The molecule has 0 aromatic heterocycles. The lowest BCUT2D eigenvalue weighted by molar-refractivity contribution is -0.142. The van der Waals surface area contributed by atoms with Gasteiger partial charge < -0.3 is 15.3 Å². The third kappa shape index (κ3) is 4.28. The van der Waals surface area contributed by atoms with Gasteiger partial charge in [0.15, 0.2) is 0 Å². The minimum Gasteiger partial charge on any atom is -0.481 e. The van der Waals surface area contributed by atoms with Crippen molar-refractivity contribution >= 4 is 23.5 Å². The molecule has 0 aliphatic carbocycles. The summed E-state index contributed by atoms with van der Waals surface area (Å²) in [5, 5.41) is 11.3. The fraction of sp³-hybridized carbons (Fsp3) is 0.438. The minimum absolute atomic E-state index is 0.0684. The molecule has 136 valence electrons. The van der Waals surface area contributed by atoms with Crippen molar-refractivity contribution < 1.29 is 32.7 Å². The van der Waals surface area contributed by atoms with E-state index in [-0.39, 0.29) is 30.3 Å². The highest BCUT2D eigenvalue weighted by atomic mass is 19.4. The average Bonchev–Trinajstić information content (AvgIpc) is 2.86. The smallest absolute Gasteiger partial charge is 0.416 e. The molecule has 1 aromatic carbocycles. The number of rotatable bonds is 3. The maximum atomic E-state index is 13.0. The van der Waals surface area contributed by atoms with Crippen LogP contribution in [0, 0.1) is 11.8 Å². The predicted octanol–water partition coefficient (Wildman–Crippen LogP) is 2.46. The van der Waals surface area contributed by atoms with Gasteiger partial charge in [0.2, 0.25) is 5.91 Å². The summed E-state index contributed by atoms with van der Waals surface area (Å²) in [6, 6.07) is 2.59. The fourth-order valence-electron chi connectivity index (χ4n) is 2.83. The van der Waals surface area contributed by atoms with Crippen LogP contribution in [0.4, 0.5) is 18.9 Å². The van der Waals surface area contributed by atoms with Crippen molar-refractivity contribution in [1.82, 2.24) is 4.90 Å². The molecular weight excluding hydrogens is 341 g/mol. The van der Waals surface area contributed by atoms with E-state index in [0.717, 1.165) is 19.1 Å². The molecule has 2 N–H and O–H groups in total. The van der Waals surface area contributed by atoms with Gasteiger partial charge in [0, 0.05) is 31.3 Å². The van der Waals surface area contributed by atoms with Gasteiger partial charge in [0.25, 0.3) is 5.91 Å². The first-order valence-electron chi connectivity index (χ1n) is 7.51. The molecule has 0 bridgehead atoms. The molecule has 1 fully saturated rings. The van der Waals surface area contributed by atoms with Crippen LogP contribution in [0.3, 0.4) is 0 Å². The molecule has 0 radical (unpaired) electrons. The van der Waals surface area contributed by atoms with E-state index < -0.39 is 35.4 Å². The Morgan fingerprint density at radius 1 is 1.20 bits per heavy atom. The van der Waals surface area contributed by atoms with E-state index in [9.17, 15) is 27.6 Å². The van der Waals surface area contributed by atoms with Crippen LogP contribution in [-0.4, -0.2) is 40.9 Å². The van der Waals surface area contributed by atoms with Gasteiger partial charge in [0.1, 0.15) is 0 Å². The molecule has 0 saturated carbocycles. The zero-order valence-corrected chi connectivity index (χ0v) is 13.6. The zero-order chi connectivity index (χ0) is 18.9. The third-order valence-electron chi connectivity index (χ3n) is 4.04.